The van der Waals surface area contributed by atoms with Gasteiger partial charge in [-0.05, 0) is 73.2 Å². The van der Waals surface area contributed by atoms with Gasteiger partial charge in [-0.15, -0.1) is 0 Å². The maximum Gasteiger partial charge on any atom is 0.416 e. The van der Waals surface area contributed by atoms with Gasteiger partial charge in [-0.1, -0.05) is 12.1 Å². The van der Waals surface area contributed by atoms with E-state index in [-0.39, 0.29) is 6.61 Å². The summed E-state index contributed by atoms with van der Waals surface area (Å²) in [5.74, 6) is 0.797. The summed E-state index contributed by atoms with van der Waals surface area (Å²) in [6.45, 7) is 3.60. The number of esters is 1. The Bertz CT molecular complexity index is 997. The Labute approximate surface area is 165 Å². The van der Waals surface area contributed by atoms with Gasteiger partial charge in [0.15, 0.2) is 6.10 Å². The molecule has 0 N–H and O–H groups in total. The molecule has 0 aliphatic heterocycles. The third kappa shape index (κ3) is 5.19. The highest BCUT2D eigenvalue weighted by Crippen LogP contribution is 2.32. The predicted octanol–water partition coefficient (Wildman–Crippen LogP) is 5.98. The van der Waals surface area contributed by atoms with Crippen molar-refractivity contribution in [1.82, 2.24) is 0 Å². The van der Waals surface area contributed by atoms with Gasteiger partial charge in [0.1, 0.15) is 17.2 Å². The lowest BCUT2D eigenvalue weighted by Gasteiger charge is -2.14. The fourth-order valence-corrected chi connectivity index (χ4v) is 2.70. The summed E-state index contributed by atoms with van der Waals surface area (Å²) >= 11 is 0. The number of ether oxygens (including phenoxy) is 3. The van der Waals surface area contributed by atoms with Crippen LogP contribution in [0.15, 0.2) is 60.7 Å². The van der Waals surface area contributed by atoms with Crippen LogP contribution in [0.25, 0.3) is 10.8 Å². The van der Waals surface area contributed by atoms with Gasteiger partial charge in [-0.3, -0.25) is 0 Å². The maximum atomic E-state index is 12.7. The first-order chi connectivity index (χ1) is 13.8. The molecule has 4 nitrogen and oxygen atoms in total. The van der Waals surface area contributed by atoms with Gasteiger partial charge in [0.25, 0.3) is 0 Å². The smallest absolute Gasteiger partial charge is 0.416 e. The lowest BCUT2D eigenvalue weighted by atomic mass is 10.1. The van der Waals surface area contributed by atoms with E-state index in [1.165, 1.54) is 12.1 Å². The van der Waals surface area contributed by atoms with Crippen LogP contribution < -0.4 is 9.47 Å². The predicted molar refractivity (Wildman–Crippen MR) is 102 cm³/mol. The van der Waals surface area contributed by atoms with Gasteiger partial charge in [0, 0.05) is 0 Å². The molecule has 1 unspecified atom stereocenters. The topological polar surface area (TPSA) is 44.8 Å². The maximum absolute atomic E-state index is 12.7. The summed E-state index contributed by atoms with van der Waals surface area (Å²) in [5, 5.41) is 1.71. The summed E-state index contributed by atoms with van der Waals surface area (Å²) < 4.78 is 54.2. The lowest BCUT2D eigenvalue weighted by molar-refractivity contribution is -0.150. The average Bonchev–Trinajstić information content (AvgIpc) is 2.67. The van der Waals surface area contributed by atoms with Crippen LogP contribution in [0.1, 0.15) is 19.4 Å². The molecule has 0 saturated heterocycles. The number of hydrogen-bond donors (Lipinski definition) is 0. The molecule has 7 heteroatoms. The molecule has 0 radical (unpaired) electrons. The molecule has 0 aromatic heterocycles. The van der Waals surface area contributed by atoms with E-state index in [4.69, 9.17) is 14.2 Å². The number of rotatable bonds is 6. The number of hydrogen-bond acceptors (Lipinski definition) is 4. The van der Waals surface area contributed by atoms with Crippen LogP contribution >= 0.6 is 0 Å². The fourth-order valence-electron chi connectivity index (χ4n) is 2.70. The molecule has 1 atom stereocenters. The first kappa shape index (κ1) is 20.5. The number of benzene rings is 3. The third-order valence-electron chi connectivity index (χ3n) is 4.13. The largest absolute Gasteiger partial charge is 0.479 e. The van der Waals surface area contributed by atoms with Crippen molar-refractivity contribution >= 4 is 16.7 Å². The van der Waals surface area contributed by atoms with E-state index in [2.05, 4.69) is 0 Å². The quantitative estimate of drug-likeness (QED) is 0.474. The van der Waals surface area contributed by atoms with E-state index in [9.17, 15) is 18.0 Å². The third-order valence-corrected chi connectivity index (χ3v) is 4.13. The number of carbonyl (C=O) groups is 1. The molecular formula is C22H19F3O4. The van der Waals surface area contributed by atoms with Gasteiger partial charge in [-0.2, -0.15) is 13.2 Å². The second-order valence-corrected chi connectivity index (χ2v) is 6.31. The van der Waals surface area contributed by atoms with Gasteiger partial charge in [0.05, 0.1) is 12.2 Å². The number of alkyl halides is 3. The van der Waals surface area contributed by atoms with Crippen LogP contribution in [0, 0.1) is 0 Å². The first-order valence-electron chi connectivity index (χ1n) is 8.98. The molecule has 0 spiro atoms. The molecule has 3 aromatic rings. The van der Waals surface area contributed by atoms with Gasteiger partial charge in [0.2, 0.25) is 0 Å². The van der Waals surface area contributed by atoms with E-state index in [0.29, 0.717) is 17.2 Å². The van der Waals surface area contributed by atoms with Crippen LogP contribution in [-0.4, -0.2) is 18.7 Å². The SMILES string of the molecule is CCOC(=O)C(C)Oc1ccc2ccc(Oc3ccc(C(F)(F)F)cc3)cc2c1. The first-order valence-corrected chi connectivity index (χ1v) is 8.98. The number of carbonyl (C=O) groups excluding carboxylic acids is 1. The molecule has 0 aliphatic rings. The minimum Gasteiger partial charge on any atom is -0.479 e. The summed E-state index contributed by atoms with van der Waals surface area (Å²) in [6.07, 6.45) is -5.14. The Balaban J connectivity index is 1.77. The molecule has 0 fully saturated rings. The van der Waals surface area contributed by atoms with Crippen molar-refractivity contribution in [3.05, 3.63) is 66.2 Å². The summed E-state index contributed by atoms with van der Waals surface area (Å²) in [6, 6.07) is 15.1. The molecular weight excluding hydrogens is 385 g/mol. The van der Waals surface area contributed by atoms with Crippen molar-refractivity contribution < 1.29 is 32.2 Å². The van der Waals surface area contributed by atoms with Crippen LogP contribution in [0.5, 0.6) is 17.2 Å². The monoisotopic (exact) mass is 404 g/mol. The molecule has 0 aliphatic carbocycles. The normalized spacial score (nSPS) is 12.4. The van der Waals surface area contributed by atoms with Gasteiger partial charge >= 0.3 is 12.1 Å². The van der Waals surface area contributed by atoms with E-state index in [1.807, 2.05) is 12.1 Å². The highest BCUT2D eigenvalue weighted by Gasteiger charge is 2.30. The van der Waals surface area contributed by atoms with Crippen molar-refractivity contribution in [3.63, 3.8) is 0 Å². The van der Waals surface area contributed by atoms with E-state index < -0.39 is 23.8 Å². The van der Waals surface area contributed by atoms with Gasteiger partial charge in [-0.25, -0.2) is 4.79 Å². The minimum absolute atomic E-state index is 0.273. The number of halogens is 3. The Morgan fingerprint density at radius 2 is 1.48 bits per heavy atom. The van der Waals surface area contributed by atoms with Gasteiger partial charge < -0.3 is 14.2 Å². The van der Waals surface area contributed by atoms with Crippen molar-refractivity contribution in [2.24, 2.45) is 0 Å². The molecule has 0 amide bonds. The van der Waals surface area contributed by atoms with Crippen LogP contribution in [-0.2, 0) is 15.7 Å². The van der Waals surface area contributed by atoms with Crippen LogP contribution in [0.3, 0.4) is 0 Å². The fraction of sp³-hybridized carbons (Fsp3) is 0.227. The van der Waals surface area contributed by atoms with Crippen LogP contribution in [0.4, 0.5) is 13.2 Å². The zero-order valence-corrected chi connectivity index (χ0v) is 15.8. The van der Waals surface area contributed by atoms with Crippen molar-refractivity contribution in [1.29, 1.82) is 0 Å². The highest BCUT2D eigenvalue weighted by molar-refractivity contribution is 5.85. The summed E-state index contributed by atoms with van der Waals surface area (Å²) in [5.41, 5.74) is -0.735. The molecule has 0 heterocycles. The Morgan fingerprint density at radius 1 is 0.897 bits per heavy atom. The average molecular weight is 404 g/mol. The van der Waals surface area contributed by atoms with E-state index in [0.717, 1.165) is 22.9 Å². The van der Waals surface area contributed by atoms with Crippen molar-refractivity contribution in [2.75, 3.05) is 6.61 Å². The van der Waals surface area contributed by atoms with E-state index >= 15 is 0 Å². The van der Waals surface area contributed by atoms with Crippen molar-refractivity contribution in [3.8, 4) is 17.2 Å². The summed E-state index contributed by atoms with van der Waals surface area (Å²) in [7, 11) is 0. The van der Waals surface area contributed by atoms with Crippen LogP contribution in [0.2, 0.25) is 0 Å². The highest BCUT2D eigenvalue weighted by atomic mass is 19.4. The second kappa shape index (κ2) is 8.43. The Kier molecular flexibility index (Phi) is 5.96. The standard InChI is InChI=1S/C22H19F3O4/c1-3-27-21(26)14(2)28-19-8-4-15-5-9-20(13-16(15)12-19)29-18-10-6-17(7-11-18)22(23,24)25/h4-14H,3H2,1-2H3. The second-order valence-electron chi connectivity index (χ2n) is 6.31. The molecule has 29 heavy (non-hydrogen) atoms. The molecule has 152 valence electrons. The molecule has 0 saturated carbocycles. The van der Waals surface area contributed by atoms with E-state index in [1.54, 1.807) is 38.1 Å². The lowest BCUT2D eigenvalue weighted by Crippen LogP contribution is -2.26. The Hall–Kier alpha value is -3.22. The van der Waals surface area contributed by atoms with Crippen molar-refractivity contribution in [2.45, 2.75) is 26.1 Å². The Morgan fingerprint density at radius 3 is 2.10 bits per heavy atom. The summed E-state index contributed by atoms with van der Waals surface area (Å²) in [4.78, 5) is 11.7. The number of fused-ring (bicyclic) bond motifs is 1. The minimum atomic E-state index is -4.39. The molecule has 3 aromatic carbocycles. The molecule has 3 rings (SSSR count). The zero-order chi connectivity index (χ0) is 21.0. The molecule has 0 bridgehead atoms. The zero-order valence-electron chi connectivity index (χ0n) is 15.8.